The Morgan fingerprint density at radius 1 is 0.659 bits per heavy atom. The van der Waals surface area contributed by atoms with Crippen LogP contribution in [0.5, 0.6) is 0 Å². The molecular formula is C34H28FN3O3. The predicted molar refractivity (Wildman–Crippen MR) is 152 cm³/mol. The number of anilines is 1. The van der Waals surface area contributed by atoms with Crippen LogP contribution in [0.4, 0.5) is 10.1 Å². The number of amides is 3. The second-order valence-electron chi connectivity index (χ2n) is 11.0. The monoisotopic (exact) mass is 545 g/mol. The summed E-state index contributed by atoms with van der Waals surface area (Å²) in [6, 6.07) is 32.4. The number of carbonyl (C=O) groups excluding carboxylic acids is 3. The Morgan fingerprint density at radius 3 is 1.95 bits per heavy atom. The first kappa shape index (κ1) is 25.4. The highest BCUT2D eigenvalue weighted by Crippen LogP contribution is 2.55. The fraction of sp³-hybridized carbons (Fsp3) is 0.206. The van der Waals surface area contributed by atoms with E-state index in [-0.39, 0.29) is 36.6 Å². The molecule has 2 fully saturated rings. The number of fused-ring (bicyclic) bond motifs is 4. The summed E-state index contributed by atoms with van der Waals surface area (Å²) in [5.41, 5.74) is 2.63. The summed E-state index contributed by atoms with van der Waals surface area (Å²) < 4.78 is 13.6. The van der Waals surface area contributed by atoms with Crippen molar-refractivity contribution in [3.8, 4) is 0 Å². The van der Waals surface area contributed by atoms with Crippen molar-refractivity contribution in [3.63, 3.8) is 0 Å². The zero-order chi connectivity index (χ0) is 28.1. The van der Waals surface area contributed by atoms with Crippen LogP contribution in [0.25, 0.3) is 0 Å². The van der Waals surface area contributed by atoms with Crippen LogP contribution in [0.1, 0.15) is 22.3 Å². The van der Waals surface area contributed by atoms with Gasteiger partial charge in [0.2, 0.25) is 11.8 Å². The summed E-state index contributed by atoms with van der Waals surface area (Å²) in [6.07, 6.45) is 0.495. The van der Waals surface area contributed by atoms with E-state index in [1.807, 2.05) is 84.9 Å². The molecule has 0 saturated carbocycles. The fourth-order valence-electron chi connectivity index (χ4n) is 6.90. The highest BCUT2D eigenvalue weighted by Gasteiger charge is 2.71. The molecule has 2 saturated heterocycles. The van der Waals surface area contributed by atoms with Gasteiger partial charge in [0, 0.05) is 17.3 Å². The van der Waals surface area contributed by atoms with Gasteiger partial charge in [0.25, 0.3) is 5.91 Å². The molecule has 1 spiro atoms. The Morgan fingerprint density at radius 2 is 1.24 bits per heavy atom. The second-order valence-corrected chi connectivity index (χ2v) is 11.0. The lowest BCUT2D eigenvalue weighted by Crippen LogP contribution is -2.55. The van der Waals surface area contributed by atoms with Crippen LogP contribution in [-0.2, 0) is 39.4 Å². The largest absolute Gasteiger partial charge is 0.306 e. The van der Waals surface area contributed by atoms with E-state index < -0.39 is 23.4 Å². The molecule has 3 amide bonds. The normalized spacial score (nSPS) is 24.8. The molecule has 3 aliphatic rings. The second kappa shape index (κ2) is 9.78. The number of hydrogen-bond donors (Lipinski definition) is 1. The molecule has 1 N–H and O–H groups in total. The van der Waals surface area contributed by atoms with E-state index in [2.05, 4.69) is 5.32 Å². The van der Waals surface area contributed by atoms with Crippen LogP contribution in [-0.4, -0.2) is 28.7 Å². The van der Waals surface area contributed by atoms with Crippen molar-refractivity contribution in [3.05, 3.63) is 137 Å². The van der Waals surface area contributed by atoms with Crippen LogP contribution in [0.15, 0.2) is 109 Å². The van der Waals surface area contributed by atoms with Crippen LogP contribution < -0.4 is 10.2 Å². The maximum absolute atomic E-state index is 14.6. The Hall–Kier alpha value is -4.62. The van der Waals surface area contributed by atoms with Crippen LogP contribution in [0, 0.1) is 17.7 Å². The van der Waals surface area contributed by atoms with Crippen molar-refractivity contribution in [1.82, 2.24) is 10.2 Å². The van der Waals surface area contributed by atoms with Crippen molar-refractivity contribution < 1.29 is 18.8 Å². The molecule has 0 radical (unpaired) electrons. The fourth-order valence-corrected chi connectivity index (χ4v) is 6.90. The quantitative estimate of drug-likeness (QED) is 0.360. The van der Waals surface area contributed by atoms with E-state index in [1.165, 1.54) is 17.0 Å². The van der Waals surface area contributed by atoms with Gasteiger partial charge in [-0.05, 0) is 41.3 Å². The van der Waals surface area contributed by atoms with Gasteiger partial charge in [-0.1, -0.05) is 91.0 Å². The average Bonchev–Trinajstić information content (AvgIpc) is 3.55. The molecule has 7 heteroatoms. The minimum absolute atomic E-state index is 0.161. The Bertz CT molecular complexity index is 1640. The molecule has 3 aliphatic heterocycles. The highest BCUT2D eigenvalue weighted by molar-refractivity contribution is 6.16. The number of nitrogens with zero attached hydrogens (tertiary/aromatic N) is 2. The third-order valence-corrected chi connectivity index (χ3v) is 8.69. The molecule has 6 nitrogen and oxygen atoms in total. The van der Waals surface area contributed by atoms with Gasteiger partial charge in [0.15, 0.2) is 0 Å². The van der Waals surface area contributed by atoms with Gasteiger partial charge >= 0.3 is 0 Å². The average molecular weight is 546 g/mol. The zero-order valence-electron chi connectivity index (χ0n) is 22.2. The summed E-state index contributed by atoms with van der Waals surface area (Å²) in [5, 5.41) is 3.57. The number of likely N-dealkylation sites (tertiary alicyclic amines) is 1. The molecule has 0 aromatic heterocycles. The topological polar surface area (TPSA) is 69.7 Å². The minimum Gasteiger partial charge on any atom is -0.306 e. The molecule has 4 aromatic carbocycles. The number of hydrogen-bond acceptors (Lipinski definition) is 4. The molecule has 204 valence electrons. The van der Waals surface area contributed by atoms with Crippen molar-refractivity contribution in [2.24, 2.45) is 11.8 Å². The zero-order valence-corrected chi connectivity index (χ0v) is 22.2. The molecule has 0 unspecified atom stereocenters. The van der Waals surface area contributed by atoms with Crippen LogP contribution in [0.3, 0.4) is 0 Å². The lowest BCUT2D eigenvalue weighted by molar-refractivity contribution is -0.143. The molecule has 41 heavy (non-hydrogen) atoms. The van der Waals surface area contributed by atoms with Crippen LogP contribution >= 0.6 is 0 Å². The van der Waals surface area contributed by atoms with E-state index in [0.29, 0.717) is 17.7 Å². The number of halogens is 1. The minimum atomic E-state index is -1.39. The third kappa shape index (κ3) is 3.99. The smallest absolute Gasteiger partial charge is 0.253 e. The summed E-state index contributed by atoms with van der Waals surface area (Å²) in [7, 11) is 0. The molecule has 7 rings (SSSR count). The first-order chi connectivity index (χ1) is 20.0. The molecule has 0 bridgehead atoms. The van der Waals surface area contributed by atoms with Gasteiger partial charge in [0.1, 0.15) is 11.4 Å². The number of imide groups is 1. The van der Waals surface area contributed by atoms with E-state index in [9.17, 15) is 18.8 Å². The maximum Gasteiger partial charge on any atom is 0.253 e. The summed E-state index contributed by atoms with van der Waals surface area (Å²) in [5.74, 6) is -2.80. The molecule has 4 aromatic rings. The van der Waals surface area contributed by atoms with Gasteiger partial charge in [0.05, 0.1) is 24.9 Å². The van der Waals surface area contributed by atoms with E-state index in [0.717, 1.165) is 16.7 Å². The lowest BCUT2D eigenvalue weighted by atomic mass is 9.76. The maximum atomic E-state index is 14.6. The third-order valence-electron chi connectivity index (χ3n) is 8.69. The molecular weight excluding hydrogens is 517 g/mol. The van der Waals surface area contributed by atoms with Gasteiger partial charge in [-0.2, -0.15) is 0 Å². The van der Waals surface area contributed by atoms with E-state index in [1.54, 1.807) is 17.0 Å². The Kier molecular flexibility index (Phi) is 6.05. The first-order valence-electron chi connectivity index (χ1n) is 13.8. The number of carbonyl (C=O) groups is 3. The molecule has 4 atom stereocenters. The summed E-state index contributed by atoms with van der Waals surface area (Å²) in [4.78, 5) is 46.0. The first-order valence-corrected chi connectivity index (χ1v) is 13.8. The number of rotatable bonds is 6. The number of para-hydroxylation sites is 1. The van der Waals surface area contributed by atoms with Crippen molar-refractivity contribution in [2.75, 3.05) is 4.90 Å². The summed E-state index contributed by atoms with van der Waals surface area (Å²) >= 11 is 0. The Balaban J connectivity index is 1.33. The van der Waals surface area contributed by atoms with Crippen molar-refractivity contribution in [2.45, 2.75) is 31.1 Å². The Labute approximate surface area is 237 Å². The molecule has 3 heterocycles. The predicted octanol–water partition coefficient (Wildman–Crippen LogP) is 4.58. The van der Waals surface area contributed by atoms with Gasteiger partial charge in [-0.3, -0.25) is 24.6 Å². The lowest BCUT2D eigenvalue weighted by Gasteiger charge is -2.31. The van der Waals surface area contributed by atoms with Gasteiger partial charge < -0.3 is 4.90 Å². The van der Waals surface area contributed by atoms with Gasteiger partial charge in [-0.15, -0.1) is 0 Å². The summed E-state index contributed by atoms with van der Waals surface area (Å²) in [6.45, 7) is 0.380. The number of nitrogens with one attached hydrogen (secondary N) is 1. The van der Waals surface area contributed by atoms with Gasteiger partial charge in [-0.25, -0.2) is 4.39 Å². The SMILES string of the molecule is O=C1[C@@H]2[C@@H](C(=O)N1Cc1ccccc1)[C@]1(N[C@@H]2Cc2ccccc2)C(=O)N(Cc2ccc(F)cc2)c2ccccc21. The van der Waals surface area contributed by atoms with E-state index >= 15 is 0 Å². The van der Waals surface area contributed by atoms with Crippen molar-refractivity contribution >= 4 is 23.4 Å². The highest BCUT2D eigenvalue weighted by atomic mass is 19.1. The standard InChI is InChI=1S/C34H28FN3O3/c35-25-17-15-24(16-18-25)20-37-28-14-8-7-13-26(28)34(33(37)41)30-29(27(36-34)19-22-9-3-1-4-10-22)31(39)38(32(30)40)21-23-11-5-2-6-12-23/h1-18,27,29-30,36H,19-21H2/t27-,29+,30+,34+/m1/s1. The van der Waals surface area contributed by atoms with Crippen molar-refractivity contribution in [1.29, 1.82) is 0 Å². The van der Waals surface area contributed by atoms with E-state index in [4.69, 9.17) is 0 Å². The number of benzene rings is 4. The molecule has 0 aliphatic carbocycles. The van der Waals surface area contributed by atoms with Crippen LogP contribution in [0.2, 0.25) is 0 Å².